The second kappa shape index (κ2) is 8.76. The number of hydrogen-bond donors (Lipinski definition) is 1. The van der Waals surface area contributed by atoms with E-state index in [1.54, 1.807) is 7.11 Å². The smallest absolute Gasteiger partial charge is 0.119 e. The molecule has 1 aromatic rings. The highest BCUT2D eigenvalue weighted by atomic mass is 79.9. The Morgan fingerprint density at radius 2 is 2.33 bits per heavy atom. The molecule has 0 bridgehead atoms. The van der Waals surface area contributed by atoms with Crippen molar-refractivity contribution < 1.29 is 9.47 Å². The number of hydrogen-bond acceptors (Lipinski definition) is 3. The summed E-state index contributed by atoms with van der Waals surface area (Å²) in [5, 5.41) is 3.67. The summed E-state index contributed by atoms with van der Waals surface area (Å²) in [4.78, 5) is 0. The van der Waals surface area contributed by atoms with Crippen molar-refractivity contribution in [1.82, 2.24) is 5.32 Å². The minimum absolute atomic E-state index is 0.420. The van der Waals surface area contributed by atoms with Crippen LogP contribution >= 0.6 is 15.9 Å². The fraction of sp³-hybridized carbons (Fsp3) is 0.647. The molecule has 0 spiro atoms. The van der Waals surface area contributed by atoms with Gasteiger partial charge in [0.05, 0.1) is 13.2 Å². The van der Waals surface area contributed by atoms with Crippen molar-refractivity contribution in [3.05, 3.63) is 28.2 Å². The van der Waals surface area contributed by atoms with Crippen molar-refractivity contribution in [2.24, 2.45) is 0 Å². The number of nitrogens with one attached hydrogen (secondary N) is 1. The summed E-state index contributed by atoms with van der Waals surface area (Å²) < 4.78 is 12.3. The molecule has 1 N–H and O–H groups in total. The van der Waals surface area contributed by atoms with Gasteiger partial charge in [0.15, 0.2) is 0 Å². The van der Waals surface area contributed by atoms with Gasteiger partial charge in [-0.1, -0.05) is 22.9 Å². The monoisotopic (exact) mass is 355 g/mol. The second-order valence-electron chi connectivity index (χ2n) is 5.68. The van der Waals surface area contributed by atoms with E-state index in [4.69, 9.17) is 9.47 Å². The largest absolute Gasteiger partial charge is 0.497 e. The van der Waals surface area contributed by atoms with Crippen LogP contribution < -0.4 is 10.1 Å². The zero-order valence-electron chi connectivity index (χ0n) is 13.0. The van der Waals surface area contributed by atoms with Gasteiger partial charge < -0.3 is 14.8 Å². The first-order valence-corrected chi connectivity index (χ1v) is 8.69. The molecule has 1 saturated heterocycles. The summed E-state index contributed by atoms with van der Waals surface area (Å²) in [6.45, 7) is 4.19. The highest BCUT2D eigenvalue weighted by Crippen LogP contribution is 2.25. The molecule has 21 heavy (non-hydrogen) atoms. The van der Waals surface area contributed by atoms with E-state index in [-0.39, 0.29) is 0 Å². The average molecular weight is 356 g/mol. The summed E-state index contributed by atoms with van der Waals surface area (Å²) >= 11 is 3.65. The lowest BCUT2D eigenvalue weighted by Gasteiger charge is -2.22. The van der Waals surface area contributed by atoms with Crippen LogP contribution in [0, 0.1) is 0 Å². The number of halogens is 1. The number of methoxy groups -OCH3 is 1. The van der Waals surface area contributed by atoms with Crippen LogP contribution in [0.2, 0.25) is 0 Å². The zero-order chi connectivity index (χ0) is 15.1. The first-order chi connectivity index (χ1) is 10.2. The molecule has 4 heteroatoms. The van der Waals surface area contributed by atoms with Crippen molar-refractivity contribution in [3.63, 3.8) is 0 Å². The standard InChI is InChI=1S/C17H26BrNO2/c1-3-8-19-14(12-16-5-4-9-21-16)10-13-11-15(20-2)6-7-17(13)18/h6-7,11,14,16,19H,3-5,8-10,12H2,1-2H3. The Morgan fingerprint density at radius 3 is 3.00 bits per heavy atom. The van der Waals surface area contributed by atoms with Gasteiger partial charge in [0.2, 0.25) is 0 Å². The van der Waals surface area contributed by atoms with E-state index >= 15 is 0 Å². The molecule has 1 heterocycles. The maximum absolute atomic E-state index is 5.80. The predicted molar refractivity (Wildman–Crippen MR) is 90.1 cm³/mol. The summed E-state index contributed by atoms with van der Waals surface area (Å²) in [6.07, 6.45) is 6.06. The topological polar surface area (TPSA) is 30.5 Å². The molecule has 0 aliphatic carbocycles. The van der Waals surface area contributed by atoms with Crippen molar-refractivity contribution in [2.45, 2.75) is 51.2 Å². The maximum atomic E-state index is 5.80. The summed E-state index contributed by atoms with van der Waals surface area (Å²) in [7, 11) is 1.71. The van der Waals surface area contributed by atoms with E-state index in [1.165, 1.54) is 18.4 Å². The van der Waals surface area contributed by atoms with Crippen molar-refractivity contribution in [3.8, 4) is 5.75 Å². The van der Waals surface area contributed by atoms with Crippen molar-refractivity contribution in [1.29, 1.82) is 0 Å². The normalized spacial score (nSPS) is 19.7. The van der Waals surface area contributed by atoms with Crippen LogP contribution in [-0.4, -0.2) is 32.4 Å². The highest BCUT2D eigenvalue weighted by molar-refractivity contribution is 9.10. The highest BCUT2D eigenvalue weighted by Gasteiger charge is 2.21. The molecule has 0 amide bonds. The lowest BCUT2D eigenvalue weighted by Crippen LogP contribution is -2.35. The summed E-state index contributed by atoms with van der Waals surface area (Å²) in [6, 6.07) is 6.64. The first-order valence-electron chi connectivity index (χ1n) is 7.90. The molecule has 2 atom stereocenters. The average Bonchev–Trinajstić information content (AvgIpc) is 3.00. The van der Waals surface area contributed by atoms with Crippen LogP contribution in [-0.2, 0) is 11.2 Å². The Hall–Kier alpha value is -0.580. The Morgan fingerprint density at radius 1 is 1.48 bits per heavy atom. The quantitative estimate of drug-likeness (QED) is 0.765. The summed E-state index contributed by atoms with van der Waals surface area (Å²) in [5.41, 5.74) is 1.29. The van der Waals surface area contributed by atoms with Gasteiger partial charge in [-0.2, -0.15) is 0 Å². The van der Waals surface area contributed by atoms with E-state index in [9.17, 15) is 0 Å². The molecule has 1 aliphatic heterocycles. The van der Waals surface area contributed by atoms with Gasteiger partial charge in [-0.15, -0.1) is 0 Å². The SMILES string of the molecule is CCCNC(Cc1cc(OC)ccc1Br)CC1CCCO1. The van der Waals surface area contributed by atoms with E-state index in [0.29, 0.717) is 12.1 Å². The second-order valence-corrected chi connectivity index (χ2v) is 6.54. The molecule has 1 fully saturated rings. The lowest BCUT2D eigenvalue weighted by molar-refractivity contribution is 0.0945. The predicted octanol–water partition coefficient (Wildman–Crippen LogP) is 3.94. The molecule has 0 saturated carbocycles. The third kappa shape index (κ3) is 5.28. The van der Waals surface area contributed by atoms with E-state index in [2.05, 4.69) is 40.3 Å². The number of benzene rings is 1. The Balaban J connectivity index is 2.02. The van der Waals surface area contributed by atoms with Gasteiger partial charge in [-0.05, 0) is 62.4 Å². The Kier molecular flexibility index (Phi) is 7.00. The fourth-order valence-corrected chi connectivity index (χ4v) is 3.24. The van der Waals surface area contributed by atoms with Crippen molar-refractivity contribution in [2.75, 3.05) is 20.3 Å². The van der Waals surface area contributed by atoms with E-state index in [0.717, 1.165) is 42.6 Å². The Bertz CT molecular complexity index is 433. The molecular weight excluding hydrogens is 330 g/mol. The van der Waals surface area contributed by atoms with Crippen LogP contribution in [0.1, 0.15) is 38.2 Å². The maximum Gasteiger partial charge on any atom is 0.119 e. The van der Waals surface area contributed by atoms with Crippen molar-refractivity contribution >= 4 is 15.9 Å². The van der Waals surface area contributed by atoms with Crippen LogP contribution in [0.4, 0.5) is 0 Å². The molecule has 2 unspecified atom stereocenters. The van der Waals surface area contributed by atoms with Crippen LogP contribution in [0.3, 0.4) is 0 Å². The summed E-state index contributed by atoms with van der Waals surface area (Å²) in [5.74, 6) is 0.916. The minimum Gasteiger partial charge on any atom is -0.497 e. The molecule has 0 aromatic heterocycles. The van der Waals surface area contributed by atoms with Gasteiger partial charge >= 0.3 is 0 Å². The van der Waals surface area contributed by atoms with Gasteiger partial charge in [0, 0.05) is 17.1 Å². The fourth-order valence-electron chi connectivity index (χ4n) is 2.83. The zero-order valence-corrected chi connectivity index (χ0v) is 14.6. The molecule has 1 aromatic carbocycles. The third-order valence-corrected chi connectivity index (χ3v) is 4.75. The van der Waals surface area contributed by atoms with Crippen LogP contribution in [0.5, 0.6) is 5.75 Å². The van der Waals surface area contributed by atoms with Crippen LogP contribution in [0.25, 0.3) is 0 Å². The van der Waals surface area contributed by atoms with Crippen LogP contribution in [0.15, 0.2) is 22.7 Å². The molecular formula is C17H26BrNO2. The number of ether oxygens (including phenoxy) is 2. The first kappa shape index (κ1) is 16.8. The van der Waals surface area contributed by atoms with Gasteiger partial charge in [-0.3, -0.25) is 0 Å². The molecule has 0 radical (unpaired) electrons. The molecule has 3 nitrogen and oxygen atoms in total. The van der Waals surface area contributed by atoms with Gasteiger partial charge in [-0.25, -0.2) is 0 Å². The molecule has 118 valence electrons. The van der Waals surface area contributed by atoms with Gasteiger partial charge in [0.1, 0.15) is 5.75 Å². The third-order valence-electron chi connectivity index (χ3n) is 3.97. The Labute approximate surface area is 136 Å². The van der Waals surface area contributed by atoms with E-state index < -0.39 is 0 Å². The lowest BCUT2D eigenvalue weighted by atomic mass is 9.99. The van der Waals surface area contributed by atoms with E-state index in [1.807, 2.05) is 6.07 Å². The number of rotatable bonds is 8. The van der Waals surface area contributed by atoms with Gasteiger partial charge in [0.25, 0.3) is 0 Å². The molecule has 2 rings (SSSR count). The minimum atomic E-state index is 0.420. The molecule has 1 aliphatic rings.